The van der Waals surface area contributed by atoms with E-state index in [2.05, 4.69) is 0 Å². The molecule has 0 amide bonds. The number of aromatic nitrogens is 1. The van der Waals surface area contributed by atoms with Crippen LogP contribution in [0.25, 0.3) is 10.9 Å². The van der Waals surface area contributed by atoms with Crippen molar-refractivity contribution >= 4 is 24.8 Å². The van der Waals surface area contributed by atoms with E-state index in [1.807, 2.05) is 24.3 Å². The molecule has 0 aliphatic carbocycles. The number of benzene rings is 1. The molecule has 0 aliphatic heterocycles. The first kappa shape index (κ1) is 16.9. The summed E-state index contributed by atoms with van der Waals surface area (Å²) in [6.45, 7) is 5.46. The highest BCUT2D eigenvalue weighted by Crippen LogP contribution is 2.60. The number of nitrogens with two attached hydrogens (primary N) is 1. The fourth-order valence-corrected chi connectivity index (χ4v) is 4.15. The summed E-state index contributed by atoms with van der Waals surface area (Å²) in [5, 5.41) is -0.686. The molecular weight excluding hydrogens is 303 g/mol. The predicted octanol–water partition coefficient (Wildman–Crippen LogP) is 3.31. The summed E-state index contributed by atoms with van der Waals surface area (Å²) in [4.78, 5) is 11.3. The lowest BCUT2D eigenvalue weighted by Gasteiger charge is -2.34. The largest absolute Gasteiger partial charge is 0.370 e. The molecule has 0 unspecified atom stereocenters. The minimum atomic E-state index is -3.62. The minimum Gasteiger partial charge on any atom is -0.318 e. The molecule has 2 aromatic rings. The van der Waals surface area contributed by atoms with Crippen LogP contribution in [0.15, 0.2) is 30.5 Å². The molecule has 0 saturated heterocycles. The fraction of sp³-hybridized carbons (Fsp3) is 0.400. The van der Waals surface area contributed by atoms with Gasteiger partial charge in [-0.25, -0.2) is 0 Å². The Morgan fingerprint density at radius 2 is 1.86 bits per heavy atom. The second-order valence-electron chi connectivity index (χ2n) is 5.02. The van der Waals surface area contributed by atoms with Gasteiger partial charge < -0.3 is 13.6 Å². The molecule has 6 nitrogen and oxygen atoms in total. The van der Waals surface area contributed by atoms with Crippen molar-refractivity contribution in [2.24, 2.45) is 5.73 Å². The molecule has 1 heterocycles. The molecule has 2 rings (SSSR count). The lowest BCUT2D eigenvalue weighted by molar-refractivity contribution is 0.112. The second kappa shape index (κ2) is 6.34. The van der Waals surface area contributed by atoms with Crippen molar-refractivity contribution in [3.63, 3.8) is 0 Å². The number of nitrogens with zero attached hydrogens (tertiary/aromatic N) is 1. The van der Waals surface area contributed by atoms with Crippen LogP contribution in [0.3, 0.4) is 0 Å². The van der Waals surface area contributed by atoms with Crippen molar-refractivity contribution in [2.75, 3.05) is 13.2 Å². The molecule has 22 heavy (non-hydrogen) atoms. The van der Waals surface area contributed by atoms with Gasteiger partial charge >= 0.3 is 7.60 Å². The molecule has 0 bridgehead atoms. The predicted molar refractivity (Wildman–Crippen MR) is 86.0 cm³/mol. The Balaban J connectivity index is 2.67. The van der Waals surface area contributed by atoms with Gasteiger partial charge in [0.1, 0.15) is 0 Å². The Labute approximate surface area is 129 Å². The van der Waals surface area contributed by atoms with Crippen molar-refractivity contribution in [1.29, 1.82) is 0 Å². The van der Waals surface area contributed by atoms with Crippen molar-refractivity contribution in [2.45, 2.75) is 26.2 Å². The molecule has 1 aromatic heterocycles. The quantitative estimate of drug-likeness (QED) is 0.624. The van der Waals surface area contributed by atoms with Gasteiger partial charge in [0.05, 0.1) is 18.7 Å². The number of carbonyl (C=O) groups is 1. The zero-order valence-corrected chi connectivity index (χ0v) is 13.9. The van der Waals surface area contributed by atoms with Gasteiger partial charge in [-0.1, -0.05) is 18.2 Å². The summed E-state index contributed by atoms with van der Waals surface area (Å²) >= 11 is 0. The summed E-state index contributed by atoms with van der Waals surface area (Å²) < 4.78 is 25.5. The molecular formula is C15H21N2O4P. The molecule has 2 N–H and O–H groups in total. The van der Waals surface area contributed by atoms with Gasteiger partial charge in [0.25, 0.3) is 0 Å². The maximum atomic E-state index is 13.1. The average molecular weight is 324 g/mol. The van der Waals surface area contributed by atoms with Crippen molar-refractivity contribution < 1.29 is 18.4 Å². The van der Waals surface area contributed by atoms with Crippen LogP contribution in [0.5, 0.6) is 0 Å². The van der Waals surface area contributed by atoms with Crippen LogP contribution in [0.4, 0.5) is 0 Å². The second-order valence-corrected chi connectivity index (χ2v) is 7.43. The van der Waals surface area contributed by atoms with Gasteiger partial charge in [-0.15, -0.1) is 0 Å². The lowest BCUT2D eigenvalue weighted by atomic mass is 10.2. The van der Waals surface area contributed by atoms with Crippen LogP contribution < -0.4 is 5.73 Å². The van der Waals surface area contributed by atoms with Crippen LogP contribution in [0.2, 0.25) is 0 Å². The summed E-state index contributed by atoms with van der Waals surface area (Å²) in [6, 6.07) is 7.29. The summed E-state index contributed by atoms with van der Waals surface area (Å²) in [5.41, 5.74) is 7.54. The smallest absolute Gasteiger partial charge is 0.318 e. The molecule has 1 atom stereocenters. The van der Waals surface area contributed by atoms with E-state index in [9.17, 15) is 9.36 Å². The highest BCUT2D eigenvalue weighted by atomic mass is 31.2. The first-order valence-electron chi connectivity index (χ1n) is 7.15. The standard InChI is InChI=1S/C15H21N2O4P/c1-4-20-22(19,21-5-2)15(3,16)17-10-12(11-18)13-8-6-7-9-14(13)17/h6-11H,4-5,16H2,1-3H3/t15-/m1/s1. The zero-order chi connectivity index (χ0) is 16.4. The first-order valence-corrected chi connectivity index (χ1v) is 8.69. The van der Waals surface area contributed by atoms with E-state index in [0.29, 0.717) is 11.1 Å². The van der Waals surface area contributed by atoms with E-state index in [4.69, 9.17) is 14.8 Å². The van der Waals surface area contributed by atoms with E-state index in [1.54, 1.807) is 31.5 Å². The number of hydrogen-bond acceptors (Lipinski definition) is 5. The third-order valence-electron chi connectivity index (χ3n) is 3.51. The van der Waals surface area contributed by atoms with E-state index in [0.717, 1.165) is 11.7 Å². The molecule has 0 saturated carbocycles. The molecule has 7 heteroatoms. The van der Waals surface area contributed by atoms with Gasteiger partial charge in [0, 0.05) is 17.1 Å². The highest BCUT2D eigenvalue weighted by molar-refractivity contribution is 7.54. The monoisotopic (exact) mass is 324 g/mol. The average Bonchev–Trinajstić information content (AvgIpc) is 2.87. The number of fused-ring (bicyclic) bond motifs is 1. The van der Waals surface area contributed by atoms with Crippen LogP contribution in [0.1, 0.15) is 31.1 Å². The SMILES string of the molecule is CCOP(=O)(OCC)[C@](C)(N)n1cc(C=O)c2ccccc21. The molecule has 120 valence electrons. The van der Waals surface area contributed by atoms with Crippen LogP contribution in [-0.4, -0.2) is 24.1 Å². The zero-order valence-electron chi connectivity index (χ0n) is 13.0. The minimum absolute atomic E-state index is 0.212. The third kappa shape index (κ3) is 2.63. The number of aldehydes is 1. The van der Waals surface area contributed by atoms with Crippen molar-refractivity contribution in [3.05, 3.63) is 36.0 Å². The molecule has 0 radical (unpaired) electrons. The number of para-hydroxylation sites is 1. The number of rotatable bonds is 7. The summed E-state index contributed by atoms with van der Waals surface area (Å²) in [6.07, 6.45) is 2.34. The Morgan fingerprint density at radius 1 is 1.27 bits per heavy atom. The molecule has 0 fully saturated rings. The van der Waals surface area contributed by atoms with E-state index in [1.165, 1.54) is 0 Å². The van der Waals surface area contributed by atoms with Crippen molar-refractivity contribution in [3.8, 4) is 0 Å². The molecule has 0 spiro atoms. The number of hydrogen-bond donors (Lipinski definition) is 1. The topological polar surface area (TPSA) is 83.5 Å². The van der Waals surface area contributed by atoms with Gasteiger partial charge in [-0.05, 0) is 26.8 Å². The van der Waals surface area contributed by atoms with Crippen molar-refractivity contribution in [1.82, 2.24) is 4.57 Å². The lowest BCUT2D eigenvalue weighted by Crippen LogP contribution is -2.40. The first-order chi connectivity index (χ1) is 10.4. The maximum Gasteiger partial charge on any atom is 0.370 e. The fourth-order valence-electron chi connectivity index (χ4n) is 2.44. The third-order valence-corrected chi connectivity index (χ3v) is 6.03. The Morgan fingerprint density at radius 3 is 2.41 bits per heavy atom. The summed E-state index contributed by atoms with van der Waals surface area (Å²) in [5.74, 6) is 0. The maximum absolute atomic E-state index is 13.1. The number of carbonyl (C=O) groups excluding carboxylic acids is 1. The van der Waals surface area contributed by atoms with Gasteiger partial charge in [-0.3, -0.25) is 15.1 Å². The highest BCUT2D eigenvalue weighted by Gasteiger charge is 2.46. The van der Waals surface area contributed by atoms with Crippen LogP contribution in [0, 0.1) is 0 Å². The van der Waals surface area contributed by atoms with Gasteiger partial charge in [0.15, 0.2) is 11.7 Å². The van der Waals surface area contributed by atoms with Gasteiger partial charge in [-0.2, -0.15) is 0 Å². The molecule has 0 aliphatic rings. The Kier molecular flexibility index (Phi) is 4.87. The normalized spacial score (nSPS) is 14.9. The molecule has 1 aromatic carbocycles. The van der Waals surface area contributed by atoms with E-state index < -0.39 is 13.0 Å². The van der Waals surface area contributed by atoms with Crippen LogP contribution in [-0.2, 0) is 19.0 Å². The summed E-state index contributed by atoms with van der Waals surface area (Å²) in [7, 11) is -3.62. The van der Waals surface area contributed by atoms with Crippen LogP contribution >= 0.6 is 7.60 Å². The Bertz CT molecular complexity index is 713. The van der Waals surface area contributed by atoms with Gasteiger partial charge in [0.2, 0.25) is 0 Å². The Hall–Kier alpha value is -1.46. The van der Waals surface area contributed by atoms with E-state index in [-0.39, 0.29) is 13.2 Å². The van der Waals surface area contributed by atoms with E-state index >= 15 is 0 Å².